The molecule has 0 radical (unpaired) electrons. The lowest BCUT2D eigenvalue weighted by Gasteiger charge is -2.38. The van der Waals surface area contributed by atoms with Crippen molar-refractivity contribution in [1.29, 1.82) is 0 Å². The van der Waals surface area contributed by atoms with Gasteiger partial charge >= 0.3 is 6.09 Å². The maximum Gasteiger partial charge on any atom is 0.407 e. The number of aliphatic hydroxyl groups is 1. The molecule has 0 saturated carbocycles. The molecule has 3 heterocycles. The Morgan fingerprint density at radius 2 is 1.55 bits per heavy atom. The van der Waals surface area contributed by atoms with E-state index >= 15 is 0 Å². The van der Waals surface area contributed by atoms with Crippen molar-refractivity contribution >= 4 is 28.9 Å². The van der Waals surface area contributed by atoms with Crippen LogP contribution in [0.4, 0.5) is 4.79 Å². The van der Waals surface area contributed by atoms with Gasteiger partial charge in [-0.25, -0.2) is 9.78 Å². The highest BCUT2D eigenvalue weighted by Gasteiger charge is 2.35. The number of piperidine rings is 1. The van der Waals surface area contributed by atoms with E-state index in [0.29, 0.717) is 83.1 Å². The van der Waals surface area contributed by atoms with Gasteiger partial charge in [-0.3, -0.25) is 23.6 Å². The van der Waals surface area contributed by atoms with Gasteiger partial charge in [-0.15, -0.1) is 0 Å². The van der Waals surface area contributed by atoms with Crippen LogP contribution < -0.4 is 16.2 Å². The maximum atomic E-state index is 13.6. The molecule has 3 amide bonds. The van der Waals surface area contributed by atoms with Crippen LogP contribution in [-0.4, -0.2) is 118 Å². The first-order valence-electron chi connectivity index (χ1n) is 19.7. The molecule has 1 fully saturated rings. The predicted octanol–water partition coefficient (Wildman–Crippen LogP) is 3.54. The number of likely N-dealkylation sites (tertiary alicyclic amines) is 1. The summed E-state index contributed by atoms with van der Waals surface area (Å²) in [6.07, 6.45) is 2.07. The molecule has 0 aliphatic carbocycles. The highest BCUT2D eigenvalue weighted by atomic mass is 16.6. The number of aryl methyl sites for hydroxylation is 1. The fraction of sp³-hybridized carbons (Fsp3) is 0.524. The monoisotopic (exact) mass is 803 g/mol. The Morgan fingerprint density at radius 3 is 2.22 bits per heavy atom. The highest BCUT2D eigenvalue weighted by Crippen LogP contribution is 2.28. The van der Waals surface area contributed by atoms with Gasteiger partial charge in [-0.1, -0.05) is 61.5 Å². The van der Waals surface area contributed by atoms with E-state index < -0.39 is 17.3 Å². The summed E-state index contributed by atoms with van der Waals surface area (Å²) in [6, 6.07) is 17.5. The van der Waals surface area contributed by atoms with Crippen molar-refractivity contribution in [3.05, 3.63) is 82.4 Å². The van der Waals surface area contributed by atoms with Gasteiger partial charge in [-0.05, 0) is 50.7 Å². The number of rotatable bonds is 19. The van der Waals surface area contributed by atoms with E-state index in [9.17, 15) is 24.3 Å². The molecule has 1 saturated heterocycles. The first kappa shape index (κ1) is 44.0. The van der Waals surface area contributed by atoms with Crippen molar-refractivity contribution in [2.24, 2.45) is 7.05 Å². The number of fused-ring (bicyclic) bond motifs is 1. The van der Waals surface area contributed by atoms with Crippen molar-refractivity contribution in [2.75, 3.05) is 59.3 Å². The van der Waals surface area contributed by atoms with E-state index in [-0.39, 0.29) is 48.6 Å². The third-order valence-corrected chi connectivity index (χ3v) is 9.78. The number of hydrogen-bond acceptors (Lipinski definition) is 11. The lowest BCUT2D eigenvalue weighted by atomic mass is 9.90. The van der Waals surface area contributed by atoms with Crippen molar-refractivity contribution in [3.63, 3.8) is 0 Å². The SMILES string of the molecule is C[C@H](CC(=O)N1CCC(O)(Cn2cnc3c(-c4ccc(CNC(=O)COCCOCCOCCNC(=O)OC(C)(C)C)cc4)n(C)nc3c2=O)CC1)c1ccccc1. The standard InChI is InChI=1S/C42H57N7O9/c1-30(32-9-7-6-8-10-32)25-35(51)48-18-15-42(54,16-19-48)28-49-29-45-36-37(39(49)52)46-47(5)38(36)33-13-11-31(12-14-33)26-44-34(50)27-57-24-23-56-22-21-55-20-17-43-40(53)58-41(2,3)4/h6-14,29-30,54H,15-28H2,1-5H3,(H,43,53)(H,44,50)/t30-/m1/s1. The highest BCUT2D eigenvalue weighted by molar-refractivity contribution is 5.89. The number of nitrogens with one attached hydrogen (secondary N) is 2. The van der Waals surface area contributed by atoms with Crippen LogP contribution in [0, 0.1) is 0 Å². The zero-order chi connectivity index (χ0) is 41.7. The molecule has 0 bridgehead atoms. The molecule has 3 N–H and O–H groups in total. The minimum absolute atomic E-state index is 0.0526. The second kappa shape index (κ2) is 20.5. The maximum absolute atomic E-state index is 13.6. The van der Waals surface area contributed by atoms with Crippen molar-refractivity contribution in [3.8, 4) is 11.3 Å². The quantitative estimate of drug-likeness (QED) is 0.118. The molecular weight excluding hydrogens is 747 g/mol. The van der Waals surface area contributed by atoms with Gasteiger partial charge in [0.1, 0.15) is 17.7 Å². The molecule has 0 unspecified atom stereocenters. The fourth-order valence-corrected chi connectivity index (χ4v) is 6.65. The Morgan fingerprint density at radius 1 is 0.897 bits per heavy atom. The van der Waals surface area contributed by atoms with Gasteiger partial charge in [0.25, 0.3) is 5.56 Å². The topological polar surface area (TPSA) is 188 Å². The second-order valence-corrected chi connectivity index (χ2v) is 15.6. The number of nitrogens with zero attached hydrogens (tertiary/aromatic N) is 5. The second-order valence-electron chi connectivity index (χ2n) is 15.6. The number of carbonyl (C=O) groups is 3. The zero-order valence-corrected chi connectivity index (χ0v) is 34.2. The van der Waals surface area contributed by atoms with Crippen LogP contribution in [0.15, 0.2) is 65.7 Å². The third kappa shape index (κ3) is 12.9. The average Bonchev–Trinajstić information content (AvgIpc) is 3.53. The molecule has 314 valence electrons. The van der Waals surface area contributed by atoms with Gasteiger partial charge in [0.2, 0.25) is 11.8 Å². The van der Waals surface area contributed by atoms with Gasteiger partial charge in [-0.2, -0.15) is 5.10 Å². The van der Waals surface area contributed by atoms with E-state index in [1.165, 1.54) is 10.9 Å². The molecule has 4 aromatic rings. The molecule has 5 rings (SSSR count). The lowest BCUT2D eigenvalue weighted by molar-refractivity contribution is -0.136. The van der Waals surface area contributed by atoms with Gasteiger partial charge in [0.05, 0.1) is 57.2 Å². The number of amides is 3. The molecule has 2 aromatic heterocycles. The Hall–Kier alpha value is -5.16. The Labute approximate surface area is 338 Å². The lowest BCUT2D eigenvalue weighted by Crippen LogP contribution is -2.49. The van der Waals surface area contributed by atoms with Crippen LogP contribution >= 0.6 is 0 Å². The van der Waals surface area contributed by atoms with E-state index in [4.69, 9.17) is 18.9 Å². The largest absolute Gasteiger partial charge is 0.444 e. The minimum Gasteiger partial charge on any atom is -0.444 e. The molecule has 1 aliphatic heterocycles. The molecule has 16 nitrogen and oxygen atoms in total. The summed E-state index contributed by atoms with van der Waals surface area (Å²) < 4.78 is 24.4. The summed E-state index contributed by atoms with van der Waals surface area (Å²) in [5.74, 6) is -0.108. The number of ether oxygens (including phenoxy) is 4. The van der Waals surface area contributed by atoms with Crippen LogP contribution in [0.25, 0.3) is 22.3 Å². The molecule has 1 aliphatic rings. The third-order valence-electron chi connectivity index (χ3n) is 9.78. The summed E-state index contributed by atoms with van der Waals surface area (Å²) in [5.41, 5.74) is 2.05. The summed E-state index contributed by atoms with van der Waals surface area (Å²) in [6.45, 7) is 10.4. The summed E-state index contributed by atoms with van der Waals surface area (Å²) in [5, 5.41) is 21.4. The fourth-order valence-electron chi connectivity index (χ4n) is 6.65. The average molecular weight is 804 g/mol. The van der Waals surface area contributed by atoms with Crippen molar-refractivity contribution in [2.45, 2.75) is 77.2 Å². The van der Waals surface area contributed by atoms with Crippen molar-refractivity contribution in [1.82, 2.24) is 34.9 Å². The van der Waals surface area contributed by atoms with Crippen LogP contribution in [0.5, 0.6) is 0 Å². The number of hydrogen-bond donors (Lipinski definition) is 3. The van der Waals surface area contributed by atoms with E-state index in [1.54, 1.807) is 37.4 Å². The smallest absolute Gasteiger partial charge is 0.407 e. The molecule has 0 spiro atoms. The molecule has 58 heavy (non-hydrogen) atoms. The zero-order valence-electron chi connectivity index (χ0n) is 34.2. The minimum atomic E-state index is -1.16. The van der Waals surface area contributed by atoms with E-state index in [1.807, 2.05) is 61.5 Å². The first-order chi connectivity index (χ1) is 27.7. The first-order valence-corrected chi connectivity index (χ1v) is 19.7. The van der Waals surface area contributed by atoms with Crippen LogP contribution in [0.2, 0.25) is 0 Å². The van der Waals surface area contributed by atoms with E-state index in [2.05, 4.69) is 20.7 Å². The molecular formula is C42H57N7O9. The number of benzene rings is 2. The van der Waals surface area contributed by atoms with Crippen LogP contribution in [-0.2, 0) is 48.7 Å². The molecule has 1 atom stereocenters. The summed E-state index contributed by atoms with van der Waals surface area (Å²) >= 11 is 0. The molecule has 2 aromatic carbocycles. The summed E-state index contributed by atoms with van der Waals surface area (Å²) in [7, 11) is 1.75. The van der Waals surface area contributed by atoms with E-state index in [0.717, 1.165) is 16.7 Å². The Bertz CT molecular complexity index is 2020. The number of aromatic nitrogens is 4. The Balaban J connectivity index is 1.01. The van der Waals surface area contributed by atoms with Gasteiger partial charge in [0.15, 0.2) is 5.52 Å². The van der Waals surface area contributed by atoms with Crippen LogP contribution in [0.1, 0.15) is 64.0 Å². The summed E-state index contributed by atoms with van der Waals surface area (Å²) in [4.78, 5) is 57.0. The number of alkyl carbamates (subject to hydrolysis) is 1. The Kier molecular flexibility index (Phi) is 15.5. The van der Waals surface area contributed by atoms with Gasteiger partial charge < -0.3 is 39.6 Å². The molecule has 16 heteroatoms. The predicted molar refractivity (Wildman–Crippen MR) is 217 cm³/mol. The number of carbonyl (C=O) groups excluding carboxylic acids is 3. The normalized spacial score (nSPS) is 14.6. The van der Waals surface area contributed by atoms with Crippen LogP contribution in [0.3, 0.4) is 0 Å². The van der Waals surface area contributed by atoms with Crippen molar-refractivity contribution < 1.29 is 38.4 Å². The van der Waals surface area contributed by atoms with Gasteiger partial charge in [0, 0.05) is 45.2 Å².